The summed E-state index contributed by atoms with van der Waals surface area (Å²) in [4.78, 5) is 12.4. The number of hydrogen-bond donors (Lipinski definition) is 2. The molecular formula is C25H24N2O4S. The van der Waals surface area contributed by atoms with Crippen LogP contribution >= 0.6 is 0 Å². The molecule has 0 aromatic heterocycles. The highest BCUT2D eigenvalue weighted by atomic mass is 32.2. The quantitative estimate of drug-likeness (QED) is 0.516. The Hall–Kier alpha value is -3.58. The van der Waals surface area contributed by atoms with Crippen molar-refractivity contribution in [2.45, 2.75) is 24.2 Å². The number of fused-ring (bicyclic) bond motifs is 1. The van der Waals surface area contributed by atoms with E-state index in [9.17, 15) is 13.2 Å². The number of ether oxygens (including phenoxy) is 1. The standard InChI is InChI=1S/C25H24N2O4S/c1-31-24-8-3-2-7-23(24)27-32(29,30)22-14-9-18(10-15-22)11-16-25(28)26-21-13-12-19-5-4-6-20(19)17-21/h2-3,7-17,27H,4-6H2,1H3,(H,26,28). The molecule has 0 radical (unpaired) electrons. The van der Waals surface area contributed by atoms with E-state index in [1.165, 1.54) is 36.4 Å². The molecule has 0 fully saturated rings. The van der Waals surface area contributed by atoms with E-state index >= 15 is 0 Å². The lowest BCUT2D eigenvalue weighted by atomic mass is 10.1. The summed E-state index contributed by atoms with van der Waals surface area (Å²) in [5.74, 6) is 0.197. The van der Waals surface area contributed by atoms with Crippen molar-refractivity contribution in [3.63, 3.8) is 0 Å². The van der Waals surface area contributed by atoms with Crippen molar-refractivity contribution in [1.29, 1.82) is 0 Å². The average molecular weight is 449 g/mol. The van der Waals surface area contributed by atoms with Crippen molar-refractivity contribution in [1.82, 2.24) is 0 Å². The van der Waals surface area contributed by atoms with Gasteiger partial charge in [0.1, 0.15) is 5.75 Å². The summed E-state index contributed by atoms with van der Waals surface area (Å²) in [6.07, 6.45) is 6.39. The maximum absolute atomic E-state index is 12.7. The van der Waals surface area contributed by atoms with Gasteiger partial charge in [-0.1, -0.05) is 30.3 Å². The number of nitrogens with one attached hydrogen (secondary N) is 2. The molecule has 32 heavy (non-hydrogen) atoms. The number of rotatable bonds is 7. The second-order valence-corrected chi connectivity index (χ2v) is 9.22. The molecule has 1 aliphatic rings. The van der Waals surface area contributed by atoms with Crippen LogP contribution in [-0.4, -0.2) is 21.4 Å². The summed E-state index contributed by atoms with van der Waals surface area (Å²) in [7, 11) is -2.29. The summed E-state index contributed by atoms with van der Waals surface area (Å²) in [6, 6.07) is 19.1. The van der Waals surface area contributed by atoms with Crippen LogP contribution in [0.4, 0.5) is 11.4 Å². The lowest BCUT2D eigenvalue weighted by Crippen LogP contribution is -2.13. The second-order valence-electron chi connectivity index (χ2n) is 7.53. The van der Waals surface area contributed by atoms with Gasteiger partial charge in [-0.3, -0.25) is 9.52 Å². The number of para-hydroxylation sites is 2. The number of carbonyl (C=O) groups excluding carboxylic acids is 1. The Bertz CT molecular complexity index is 1270. The fraction of sp³-hybridized carbons (Fsp3) is 0.160. The molecule has 164 valence electrons. The highest BCUT2D eigenvalue weighted by Gasteiger charge is 2.16. The van der Waals surface area contributed by atoms with Crippen molar-refractivity contribution >= 4 is 33.4 Å². The molecular weight excluding hydrogens is 424 g/mol. The van der Waals surface area contributed by atoms with Gasteiger partial charge in [-0.2, -0.15) is 0 Å². The number of benzene rings is 3. The van der Waals surface area contributed by atoms with Gasteiger partial charge in [-0.05, 0) is 78.4 Å². The number of hydrogen-bond acceptors (Lipinski definition) is 4. The SMILES string of the molecule is COc1ccccc1NS(=O)(=O)c1ccc(C=CC(=O)Nc2ccc3c(c2)CCC3)cc1. The van der Waals surface area contributed by atoms with Gasteiger partial charge in [0.2, 0.25) is 5.91 Å². The Morgan fingerprint density at radius 2 is 1.72 bits per heavy atom. The van der Waals surface area contributed by atoms with Gasteiger partial charge < -0.3 is 10.1 Å². The van der Waals surface area contributed by atoms with Crippen LogP contribution in [0.5, 0.6) is 5.75 Å². The molecule has 3 aromatic carbocycles. The summed E-state index contributed by atoms with van der Waals surface area (Å²) >= 11 is 0. The van der Waals surface area contributed by atoms with Crippen molar-refractivity contribution in [3.05, 3.63) is 89.5 Å². The largest absolute Gasteiger partial charge is 0.495 e. The van der Waals surface area contributed by atoms with Crippen LogP contribution in [0.15, 0.2) is 77.7 Å². The van der Waals surface area contributed by atoms with E-state index in [1.54, 1.807) is 42.5 Å². The molecule has 0 saturated heterocycles. The van der Waals surface area contributed by atoms with E-state index in [0.29, 0.717) is 17.0 Å². The smallest absolute Gasteiger partial charge is 0.262 e. The number of aryl methyl sites for hydroxylation is 2. The van der Waals surface area contributed by atoms with E-state index < -0.39 is 10.0 Å². The average Bonchev–Trinajstić information content (AvgIpc) is 3.26. The van der Waals surface area contributed by atoms with Crippen molar-refractivity contribution < 1.29 is 17.9 Å². The van der Waals surface area contributed by atoms with Crippen molar-refractivity contribution in [2.24, 2.45) is 0 Å². The van der Waals surface area contributed by atoms with E-state index in [1.807, 2.05) is 12.1 Å². The molecule has 0 spiro atoms. The third-order valence-corrected chi connectivity index (χ3v) is 6.72. The van der Waals surface area contributed by atoms with Crippen molar-refractivity contribution in [3.8, 4) is 5.75 Å². The summed E-state index contributed by atoms with van der Waals surface area (Å²) in [5, 5.41) is 2.87. The van der Waals surface area contributed by atoms with E-state index in [0.717, 1.165) is 24.9 Å². The molecule has 0 saturated carbocycles. The number of anilines is 2. The van der Waals surface area contributed by atoms with Gasteiger partial charge in [0.15, 0.2) is 0 Å². The predicted molar refractivity (Wildman–Crippen MR) is 126 cm³/mol. The number of sulfonamides is 1. The minimum Gasteiger partial charge on any atom is -0.495 e. The molecule has 6 nitrogen and oxygen atoms in total. The van der Waals surface area contributed by atoms with Crippen LogP contribution in [0.1, 0.15) is 23.1 Å². The topological polar surface area (TPSA) is 84.5 Å². The Morgan fingerprint density at radius 1 is 0.969 bits per heavy atom. The zero-order valence-corrected chi connectivity index (χ0v) is 18.5. The summed E-state index contributed by atoms with van der Waals surface area (Å²) < 4.78 is 33.1. The zero-order chi connectivity index (χ0) is 22.6. The molecule has 4 rings (SSSR count). The van der Waals surface area contributed by atoms with Crippen molar-refractivity contribution in [2.75, 3.05) is 17.1 Å². The van der Waals surface area contributed by atoms with Crippen LogP contribution in [0.2, 0.25) is 0 Å². The number of methoxy groups -OCH3 is 1. The first-order chi connectivity index (χ1) is 15.4. The predicted octanol–water partition coefficient (Wildman–Crippen LogP) is 4.64. The highest BCUT2D eigenvalue weighted by Crippen LogP contribution is 2.27. The lowest BCUT2D eigenvalue weighted by molar-refractivity contribution is -0.111. The van der Waals surface area contributed by atoms with Gasteiger partial charge in [-0.15, -0.1) is 0 Å². The third kappa shape index (κ3) is 5.00. The molecule has 0 aliphatic heterocycles. The molecule has 3 aromatic rings. The van der Waals surface area contributed by atoms with E-state index in [2.05, 4.69) is 16.1 Å². The van der Waals surface area contributed by atoms with Crippen LogP contribution in [-0.2, 0) is 27.7 Å². The second kappa shape index (κ2) is 9.28. The Labute approximate surface area is 188 Å². The van der Waals surface area contributed by atoms with Gasteiger partial charge in [0.25, 0.3) is 10.0 Å². The molecule has 2 N–H and O–H groups in total. The van der Waals surface area contributed by atoms with Crippen LogP contribution < -0.4 is 14.8 Å². The Kier molecular flexibility index (Phi) is 6.28. The lowest BCUT2D eigenvalue weighted by Gasteiger charge is -2.11. The normalized spacial score (nSPS) is 13.0. The maximum atomic E-state index is 12.7. The molecule has 1 aliphatic carbocycles. The summed E-state index contributed by atoms with van der Waals surface area (Å²) in [6.45, 7) is 0. The van der Waals surface area contributed by atoms with Gasteiger partial charge >= 0.3 is 0 Å². The van der Waals surface area contributed by atoms with Crippen LogP contribution in [0.3, 0.4) is 0 Å². The molecule has 1 amide bonds. The molecule has 0 atom stereocenters. The summed E-state index contributed by atoms with van der Waals surface area (Å²) in [5.41, 5.74) is 4.51. The van der Waals surface area contributed by atoms with Gasteiger partial charge in [0.05, 0.1) is 17.7 Å². The minimum absolute atomic E-state index is 0.114. The molecule has 0 heterocycles. The first kappa shape index (κ1) is 21.6. The fourth-order valence-corrected chi connectivity index (χ4v) is 4.77. The third-order valence-electron chi connectivity index (χ3n) is 5.33. The molecule has 0 unspecified atom stereocenters. The Balaban J connectivity index is 1.40. The van der Waals surface area contributed by atoms with Crippen LogP contribution in [0.25, 0.3) is 6.08 Å². The highest BCUT2D eigenvalue weighted by molar-refractivity contribution is 7.92. The first-order valence-electron chi connectivity index (χ1n) is 10.3. The fourth-order valence-electron chi connectivity index (χ4n) is 3.70. The molecule has 7 heteroatoms. The zero-order valence-electron chi connectivity index (χ0n) is 17.7. The van der Waals surface area contributed by atoms with E-state index in [4.69, 9.17) is 4.74 Å². The van der Waals surface area contributed by atoms with Gasteiger partial charge in [-0.25, -0.2) is 8.42 Å². The van der Waals surface area contributed by atoms with Gasteiger partial charge in [0, 0.05) is 11.8 Å². The maximum Gasteiger partial charge on any atom is 0.262 e. The van der Waals surface area contributed by atoms with E-state index in [-0.39, 0.29) is 10.8 Å². The minimum atomic E-state index is -3.77. The van der Waals surface area contributed by atoms with Crippen LogP contribution in [0, 0.1) is 0 Å². The molecule has 0 bridgehead atoms. The first-order valence-corrected chi connectivity index (χ1v) is 11.8. The monoisotopic (exact) mass is 448 g/mol. The number of amides is 1. The Morgan fingerprint density at radius 3 is 2.50 bits per heavy atom. The number of carbonyl (C=O) groups is 1.